The molecule has 0 spiro atoms. The lowest BCUT2D eigenvalue weighted by Crippen LogP contribution is -2.42. The maximum absolute atomic E-state index is 13.6. The van der Waals surface area contributed by atoms with Crippen molar-refractivity contribution >= 4 is 11.6 Å². The first kappa shape index (κ1) is 15.7. The summed E-state index contributed by atoms with van der Waals surface area (Å²) < 4.78 is 13.6. The van der Waals surface area contributed by atoms with Crippen molar-refractivity contribution in [3.05, 3.63) is 34.6 Å². The van der Waals surface area contributed by atoms with Crippen LogP contribution in [0.3, 0.4) is 0 Å². The third-order valence-corrected chi connectivity index (χ3v) is 4.26. The molecule has 0 aromatic heterocycles. The number of nitrogens with zero attached hydrogens (tertiary/aromatic N) is 1. The molecule has 1 aromatic carbocycles. The van der Waals surface area contributed by atoms with Crippen LogP contribution >= 0.6 is 11.6 Å². The molecular weight excluding hydrogens is 275 g/mol. The van der Waals surface area contributed by atoms with Crippen molar-refractivity contribution in [2.75, 3.05) is 26.2 Å². The van der Waals surface area contributed by atoms with Crippen molar-refractivity contribution in [1.82, 2.24) is 10.2 Å². The quantitative estimate of drug-likeness (QED) is 0.865. The van der Waals surface area contributed by atoms with Gasteiger partial charge in [-0.25, -0.2) is 4.39 Å². The Morgan fingerprint density at radius 3 is 2.75 bits per heavy atom. The average molecular weight is 299 g/mol. The summed E-state index contributed by atoms with van der Waals surface area (Å²) in [7, 11) is 0. The monoisotopic (exact) mass is 298 g/mol. The van der Waals surface area contributed by atoms with E-state index in [2.05, 4.69) is 17.1 Å². The number of rotatable bonds is 6. The Morgan fingerprint density at radius 2 is 2.05 bits per heavy atom. The predicted molar refractivity (Wildman–Crippen MR) is 82.9 cm³/mol. The average Bonchev–Trinajstić information content (AvgIpc) is 2.43. The molecule has 1 fully saturated rings. The van der Waals surface area contributed by atoms with E-state index < -0.39 is 0 Å². The molecule has 0 aliphatic carbocycles. The smallest absolute Gasteiger partial charge is 0.127 e. The second-order valence-electron chi connectivity index (χ2n) is 5.67. The van der Waals surface area contributed by atoms with Crippen LogP contribution < -0.4 is 5.32 Å². The standard InChI is InChI=1S/C16H24ClFN2/c1-13(12-20-10-3-2-4-11-20)19-9-8-14-15(17)6-5-7-16(14)18/h5-7,13,19H,2-4,8-12H2,1H3. The van der Waals surface area contributed by atoms with E-state index in [1.165, 1.54) is 38.4 Å². The maximum Gasteiger partial charge on any atom is 0.127 e. The molecular formula is C16H24ClFN2. The molecule has 1 saturated heterocycles. The largest absolute Gasteiger partial charge is 0.313 e. The van der Waals surface area contributed by atoms with Crippen LogP contribution in [0.15, 0.2) is 18.2 Å². The van der Waals surface area contributed by atoms with Gasteiger partial charge in [-0.15, -0.1) is 0 Å². The fourth-order valence-corrected chi connectivity index (χ4v) is 3.07. The van der Waals surface area contributed by atoms with Gasteiger partial charge in [0.1, 0.15) is 5.82 Å². The van der Waals surface area contributed by atoms with Gasteiger partial charge in [-0.1, -0.05) is 24.1 Å². The third kappa shape index (κ3) is 4.72. The van der Waals surface area contributed by atoms with Gasteiger partial charge in [-0.2, -0.15) is 0 Å². The van der Waals surface area contributed by atoms with Crippen molar-refractivity contribution in [2.24, 2.45) is 0 Å². The Kier molecular flexibility index (Phi) is 6.27. The Labute approximate surface area is 126 Å². The Bertz CT molecular complexity index is 399. The topological polar surface area (TPSA) is 15.3 Å². The van der Waals surface area contributed by atoms with Gasteiger partial charge in [0.05, 0.1) is 0 Å². The number of nitrogens with one attached hydrogen (secondary N) is 1. The summed E-state index contributed by atoms with van der Waals surface area (Å²) in [5.41, 5.74) is 0.617. The predicted octanol–water partition coefficient (Wildman–Crippen LogP) is 3.49. The Hall–Kier alpha value is -0.640. The molecule has 2 nitrogen and oxygen atoms in total. The van der Waals surface area contributed by atoms with Gasteiger partial charge in [-0.05, 0) is 58.0 Å². The molecule has 1 heterocycles. The van der Waals surface area contributed by atoms with Crippen LogP contribution in [0.4, 0.5) is 4.39 Å². The molecule has 0 saturated carbocycles. The molecule has 1 unspecified atom stereocenters. The van der Waals surface area contributed by atoms with E-state index in [0.717, 1.165) is 13.1 Å². The minimum Gasteiger partial charge on any atom is -0.313 e. The van der Waals surface area contributed by atoms with Crippen LogP contribution in [0.2, 0.25) is 5.02 Å². The number of hydrogen-bond acceptors (Lipinski definition) is 2. The van der Waals surface area contributed by atoms with E-state index in [0.29, 0.717) is 23.0 Å². The van der Waals surface area contributed by atoms with Crippen LogP contribution in [-0.4, -0.2) is 37.1 Å². The van der Waals surface area contributed by atoms with Crippen LogP contribution in [-0.2, 0) is 6.42 Å². The Balaban J connectivity index is 1.72. The molecule has 1 aliphatic heterocycles. The van der Waals surface area contributed by atoms with E-state index in [9.17, 15) is 4.39 Å². The van der Waals surface area contributed by atoms with Gasteiger partial charge in [0.15, 0.2) is 0 Å². The second kappa shape index (κ2) is 7.96. The molecule has 0 bridgehead atoms. The molecule has 0 amide bonds. The third-order valence-electron chi connectivity index (χ3n) is 3.91. The van der Waals surface area contributed by atoms with Crippen molar-refractivity contribution in [3.63, 3.8) is 0 Å². The number of piperidine rings is 1. The summed E-state index contributed by atoms with van der Waals surface area (Å²) in [6.45, 7) is 6.45. The lowest BCUT2D eigenvalue weighted by Gasteiger charge is -2.29. The summed E-state index contributed by atoms with van der Waals surface area (Å²) in [4.78, 5) is 2.51. The molecule has 20 heavy (non-hydrogen) atoms. The van der Waals surface area contributed by atoms with Crippen LogP contribution in [0, 0.1) is 5.82 Å². The second-order valence-corrected chi connectivity index (χ2v) is 6.07. The maximum atomic E-state index is 13.6. The zero-order valence-corrected chi connectivity index (χ0v) is 12.9. The van der Waals surface area contributed by atoms with E-state index in [-0.39, 0.29) is 5.82 Å². The molecule has 1 N–H and O–H groups in total. The van der Waals surface area contributed by atoms with E-state index in [1.54, 1.807) is 12.1 Å². The first-order chi connectivity index (χ1) is 9.66. The fourth-order valence-electron chi connectivity index (χ4n) is 2.81. The van der Waals surface area contributed by atoms with Crippen LogP contribution in [0.1, 0.15) is 31.7 Å². The molecule has 1 aromatic rings. The molecule has 1 atom stereocenters. The minimum absolute atomic E-state index is 0.206. The van der Waals surface area contributed by atoms with Gasteiger partial charge >= 0.3 is 0 Å². The number of likely N-dealkylation sites (tertiary alicyclic amines) is 1. The van der Waals surface area contributed by atoms with Crippen molar-refractivity contribution in [3.8, 4) is 0 Å². The van der Waals surface area contributed by atoms with Crippen molar-refractivity contribution in [1.29, 1.82) is 0 Å². The number of halogens is 2. The van der Waals surface area contributed by atoms with E-state index in [1.807, 2.05) is 0 Å². The molecule has 1 aliphatic rings. The van der Waals surface area contributed by atoms with Crippen LogP contribution in [0.5, 0.6) is 0 Å². The van der Waals surface area contributed by atoms with E-state index in [4.69, 9.17) is 11.6 Å². The summed E-state index contributed by atoms with van der Waals surface area (Å²) in [6.07, 6.45) is 4.63. The van der Waals surface area contributed by atoms with Gasteiger partial charge in [-0.3, -0.25) is 0 Å². The van der Waals surface area contributed by atoms with Crippen molar-refractivity contribution < 1.29 is 4.39 Å². The van der Waals surface area contributed by atoms with Gasteiger partial charge < -0.3 is 10.2 Å². The highest BCUT2D eigenvalue weighted by molar-refractivity contribution is 6.31. The summed E-state index contributed by atoms with van der Waals surface area (Å²) >= 11 is 6.02. The molecule has 0 radical (unpaired) electrons. The molecule has 2 rings (SSSR count). The van der Waals surface area contributed by atoms with E-state index >= 15 is 0 Å². The van der Waals surface area contributed by atoms with Crippen LogP contribution in [0.25, 0.3) is 0 Å². The van der Waals surface area contributed by atoms with Gasteiger partial charge in [0.2, 0.25) is 0 Å². The lowest BCUT2D eigenvalue weighted by atomic mass is 10.1. The first-order valence-electron chi connectivity index (χ1n) is 7.55. The minimum atomic E-state index is -0.206. The Morgan fingerprint density at radius 1 is 1.30 bits per heavy atom. The highest BCUT2D eigenvalue weighted by Gasteiger charge is 2.13. The normalized spacial score (nSPS) is 18.1. The number of benzene rings is 1. The van der Waals surface area contributed by atoms with Gasteiger partial charge in [0.25, 0.3) is 0 Å². The van der Waals surface area contributed by atoms with Gasteiger partial charge in [0, 0.05) is 23.2 Å². The SMILES string of the molecule is CC(CN1CCCCC1)NCCc1c(F)cccc1Cl. The summed E-state index contributed by atoms with van der Waals surface area (Å²) in [5.74, 6) is -0.206. The fraction of sp³-hybridized carbons (Fsp3) is 0.625. The molecule has 112 valence electrons. The number of hydrogen-bond donors (Lipinski definition) is 1. The first-order valence-corrected chi connectivity index (χ1v) is 7.93. The highest BCUT2D eigenvalue weighted by atomic mass is 35.5. The van der Waals surface area contributed by atoms with Crippen molar-refractivity contribution in [2.45, 2.75) is 38.6 Å². The zero-order chi connectivity index (χ0) is 14.4. The lowest BCUT2D eigenvalue weighted by molar-refractivity contribution is 0.209. The molecule has 4 heteroatoms. The summed E-state index contributed by atoms with van der Waals surface area (Å²) in [5, 5.41) is 3.99. The highest BCUT2D eigenvalue weighted by Crippen LogP contribution is 2.19. The zero-order valence-electron chi connectivity index (χ0n) is 12.2. The summed E-state index contributed by atoms with van der Waals surface area (Å²) in [6, 6.07) is 5.29.